The summed E-state index contributed by atoms with van der Waals surface area (Å²) in [7, 11) is 0. The highest BCUT2D eigenvalue weighted by Gasteiger charge is 2.02. The highest BCUT2D eigenvalue weighted by Crippen LogP contribution is 2.16. The Labute approximate surface area is 126 Å². The molecule has 110 valence electrons. The molecule has 21 heavy (non-hydrogen) atoms. The van der Waals surface area contributed by atoms with Gasteiger partial charge in [0.2, 0.25) is 0 Å². The fourth-order valence-corrected chi connectivity index (χ4v) is 2.09. The molecular formula is C18H21NO2. The van der Waals surface area contributed by atoms with Crippen molar-refractivity contribution in [1.29, 1.82) is 0 Å². The largest absolute Gasteiger partial charge is 0.494 e. The van der Waals surface area contributed by atoms with E-state index in [1.165, 1.54) is 0 Å². The van der Waals surface area contributed by atoms with E-state index in [1.54, 1.807) is 0 Å². The lowest BCUT2D eigenvalue weighted by molar-refractivity contribution is 0.0988. The minimum Gasteiger partial charge on any atom is -0.494 e. The van der Waals surface area contributed by atoms with Crippen LogP contribution in [0.3, 0.4) is 0 Å². The summed E-state index contributed by atoms with van der Waals surface area (Å²) in [4.78, 5) is 11.6. The van der Waals surface area contributed by atoms with Crippen molar-refractivity contribution in [3.05, 3.63) is 59.7 Å². The van der Waals surface area contributed by atoms with E-state index in [-0.39, 0.29) is 5.78 Å². The summed E-state index contributed by atoms with van der Waals surface area (Å²) in [5, 5.41) is 3.35. The maximum absolute atomic E-state index is 11.6. The molecule has 3 heteroatoms. The van der Waals surface area contributed by atoms with E-state index in [2.05, 4.69) is 11.4 Å². The van der Waals surface area contributed by atoms with Gasteiger partial charge in [-0.25, -0.2) is 0 Å². The number of hydrogen-bond acceptors (Lipinski definition) is 3. The molecule has 0 aromatic heterocycles. The van der Waals surface area contributed by atoms with E-state index in [0.29, 0.717) is 13.0 Å². The van der Waals surface area contributed by atoms with Crippen LogP contribution in [0, 0.1) is 0 Å². The molecule has 0 unspecified atom stereocenters. The Hall–Kier alpha value is -2.29. The molecule has 0 amide bonds. The molecule has 0 bridgehead atoms. The maximum Gasteiger partial charge on any atom is 0.162 e. The van der Waals surface area contributed by atoms with Crippen LogP contribution in [0.25, 0.3) is 0 Å². The van der Waals surface area contributed by atoms with Gasteiger partial charge >= 0.3 is 0 Å². The Morgan fingerprint density at radius 2 is 1.86 bits per heavy atom. The topological polar surface area (TPSA) is 38.3 Å². The van der Waals surface area contributed by atoms with Crippen LogP contribution in [0.1, 0.15) is 36.2 Å². The molecule has 2 rings (SSSR count). The predicted octanol–water partition coefficient (Wildman–Crippen LogP) is 4.29. The van der Waals surface area contributed by atoms with E-state index in [0.717, 1.165) is 29.1 Å². The van der Waals surface area contributed by atoms with Crippen molar-refractivity contribution in [3.8, 4) is 5.75 Å². The second-order valence-electron chi connectivity index (χ2n) is 4.79. The number of rotatable bonds is 7. The Bertz CT molecular complexity index is 590. The van der Waals surface area contributed by atoms with Crippen LogP contribution >= 0.6 is 0 Å². The third kappa shape index (κ3) is 4.35. The number of ketones is 1. The van der Waals surface area contributed by atoms with Gasteiger partial charge in [-0.2, -0.15) is 0 Å². The Kier molecular flexibility index (Phi) is 5.38. The van der Waals surface area contributed by atoms with Crippen molar-refractivity contribution in [2.45, 2.75) is 26.8 Å². The molecule has 0 aliphatic heterocycles. The van der Waals surface area contributed by atoms with Crippen molar-refractivity contribution < 1.29 is 9.53 Å². The van der Waals surface area contributed by atoms with Gasteiger partial charge in [0.25, 0.3) is 0 Å². The summed E-state index contributed by atoms with van der Waals surface area (Å²) in [6.45, 7) is 5.25. The van der Waals surface area contributed by atoms with Crippen molar-refractivity contribution in [2.24, 2.45) is 0 Å². The highest BCUT2D eigenvalue weighted by molar-refractivity contribution is 5.96. The first-order chi connectivity index (χ1) is 10.2. The fourth-order valence-electron chi connectivity index (χ4n) is 2.09. The van der Waals surface area contributed by atoms with Gasteiger partial charge in [-0.3, -0.25) is 4.79 Å². The first kappa shape index (κ1) is 15.1. The van der Waals surface area contributed by atoms with Gasteiger partial charge in [-0.05, 0) is 48.9 Å². The lowest BCUT2D eigenvalue weighted by atomic mass is 10.1. The lowest BCUT2D eigenvalue weighted by Gasteiger charge is -2.09. The number of nitrogens with one attached hydrogen (secondary N) is 1. The molecule has 0 fully saturated rings. The molecule has 3 nitrogen and oxygen atoms in total. The van der Waals surface area contributed by atoms with Crippen LogP contribution in [-0.4, -0.2) is 12.4 Å². The average Bonchev–Trinajstić information content (AvgIpc) is 2.53. The Morgan fingerprint density at radius 1 is 1.10 bits per heavy atom. The molecular weight excluding hydrogens is 262 g/mol. The van der Waals surface area contributed by atoms with Gasteiger partial charge < -0.3 is 10.1 Å². The minimum absolute atomic E-state index is 0.172. The molecule has 0 heterocycles. The van der Waals surface area contributed by atoms with Gasteiger partial charge in [0.05, 0.1) is 6.61 Å². The molecule has 0 saturated heterocycles. The average molecular weight is 283 g/mol. The van der Waals surface area contributed by atoms with Gasteiger partial charge in [0.15, 0.2) is 5.78 Å². The Balaban J connectivity index is 1.96. The SMILES string of the molecule is CCOc1cccc(CNc2ccc(C(=O)CC)cc2)c1. The van der Waals surface area contributed by atoms with Crippen molar-refractivity contribution >= 4 is 11.5 Å². The number of ether oxygens (including phenoxy) is 1. The molecule has 0 aliphatic carbocycles. The van der Waals surface area contributed by atoms with E-state index < -0.39 is 0 Å². The maximum atomic E-state index is 11.6. The number of carbonyl (C=O) groups excluding carboxylic acids is 1. The van der Waals surface area contributed by atoms with Gasteiger partial charge in [-0.15, -0.1) is 0 Å². The number of Topliss-reactive ketones (excluding diaryl/α,β-unsaturated/α-hetero) is 1. The minimum atomic E-state index is 0.172. The molecule has 0 saturated carbocycles. The molecule has 0 spiro atoms. The molecule has 0 aliphatic rings. The number of hydrogen-bond donors (Lipinski definition) is 1. The molecule has 2 aromatic carbocycles. The molecule has 2 aromatic rings. The van der Waals surface area contributed by atoms with E-state index >= 15 is 0 Å². The van der Waals surface area contributed by atoms with Crippen molar-refractivity contribution in [1.82, 2.24) is 0 Å². The Morgan fingerprint density at radius 3 is 2.52 bits per heavy atom. The number of benzene rings is 2. The fraction of sp³-hybridized carbons (Fsp3) is 0.278. The van der Waals surface area contributed by atoms with Crippen LogP contribution in [0.2, 0.25) is 0 Å². The summed E-state index contributed by atoms with van der Waals surface area (Å²) >= 11 is 0. The molecule has 0 radical (unpaired) electrons. The first-order valence-electron chi connectivity index (χ1n) is 7.31. The second kappa shape index (κ2) is 7.48. The third-order valence-electron chi connectivity index (χ3n) is 3.23. The van der Waals surface area contributed by atoms with E-state index in [1.807, 2.05) is 56.3 Å². The smallest absolute Gasteiger partial charge is 0.162 e. The summed E-state index contributed by atoms with van der Waals surface area (Å²) < 4.78 is 5.49. The van der Waals surface area contributed by atoms with Gasteiger partial charge in [0, 0.05) is 24.2 Å². The van der Waals surface area contributed by atoms with Crippen LogP contribution in [0.4, 0.5) is 5.69 Å². The predicted molar refractivity (Wildman–Crippen MR) is 86.0 cm³/mol. The zero-order chi connectivity index (χ0) is 15.1. The quantitative estimate of drug-likeness (QED) is 0.770. The molecule has 1 N–H and O–H groups in total. The zero-order valence-electron chi connectivity index (χ0n) is 12.6. The van der Waals surface area contributed by atoms with Crippen LogP contribution in [-0.2, 0) is 6.54 Å². The van der Waals surface area contributed by atoms with Crippen molar-refractivity contribution in [2.75, 3.05) is 11.9 Å². The molecule has 0 atom stereocenters. The van der Waals surface area contributed by atoms with Crippen LogP contribution in [0.15, 0.2) is 48.5 Å². The summed E-state index contributed by atoms with van der Waals surface area (Å²) in [6, 6.07) is 15.7. The normalized spacial score (nSPS) is 10.2. The standard InChI is InChI=1S/C18H21NO2/c1-3-18(20)15-8-10-16(11-9-15)19-13-14-6-5-7-17(12-14)21-4-2/h5-12,19H,3-4,13H2,1-2H3. The second-order valence-corrected chi connectivity index (χ2v) is 4.79. The van der Waals surface area contributed by atoms with Crippen LogP contribution in [0.5, 0.6) is 5.75 Å². The number of carbonyl (C=O) groups is 1. The lowest BCUT2D eigenvalue weighted by Crippen LogP contribution is -2.01. The highest BCUT2D eigenvalue weighted by atomic mass is 16.5. The monoisotopic (exact) mass is 283 g/mol. The third-order valence-corrected chi connectivity index (χ3v) is 3.23. The summed E-state index contributed by atoms with van der Waals surface area (Å²) in [5.41, 5.74) is 2.93. The number of anilines is 1. The van der Waals surface area contributed by atoms with E-state index in [4.69, 9.17) is 4.74 Å². The summed E-state index contributed by atoms with van der Waals surface area (Å²) in [6.07, 6.45) is 0.539. The van der Waals surface area contributed by atoms with Crippen LogP contribution < -0.4 is 10.1 Å². The van der Waals surface area contributed by atoms with Gasteiger partial charge in [0.1, 0.15) is 5.75 Å². The van der Waals surface area contributed by atoms with Gasteiger partial charge in [-0.1, -0.05) is 19.1 Å². The summed E-state index contributed by atoms with van der Waals surface area (Å²) in [5.74, 6) is 1.06. The van der Waals surface area contributed by atoms with E-state index in [9.17, 15) is 4.79 Å². The zero-order valence-corrected chi connectivity index (χ0v) is 12.6. The van der Waals surface area contributed by atoms with Crippen molar-refractivity contribution in [3.63, 3.8) is 0 Å². The first-order valence-corrected chi connectivity index (χ1v) is 7.31.